The molecule has 0 unspecified atom stereocenters. The molecule has 0 atom stereocenters. The lowest BCUT2D eigenvalue weighted by Crippen LogP contribution is -2.15. The number of aliphatic hydroxyl groups is 1. The first-order valence-corrected chi connectivity index (χ1v) is 12.2. The lowest BCUT2D eigenvalue weighted by molar-refractivity contribution is 0.468. The summed E-state index contributed by atoms with van der Waals surface area (Å²) in [5.74, 6) is -0.0925. The first-order chi connectivity index (χ1) is 18.2. The van der Waals surface area contributed by atoms with Gasteiger partial charge in [0.05, 0.1) is 6.26 Å². The number of rotatable bonds is 11. The Morgan fingerprint density at radius 2 is 1.74 bits per heavy atom. The summed E-state index contributed by atoms with van der Waals surface area (Å²) in [4.78, 5) is 0. The molecule has 0 amide bonds. The molecule has 2 rings (SSSR count). The van der Waals surface area contributed by atoms with Crippen LogP contribution in [0, 0.1) is 12.3 Å². The molecule has 38 heavy (non-hydrogen) atoms. The average Bonchev–Trinajstić information content (AvgIpc) is 2.92. The van der Waals surface area contributed by atoms with Gasteiger partial charge in [0, 0.05) is 29.6 Å². The summed E-state index contributed by atoms with van der Waals surface area (Å²) in [6.07, 6.45) is 13.3. The summed E-state index contributed by atoms with van der Waals surface area (Å²) in [5.41, 5.74) is 19.0. The summed E-state index contributed by atoms with van der Waals surface area (Å²) < 4.78 is 0. The van der Waals surface area contributed by atoms with Crippen LogP contribution in [0.4, 0.5) is 0 Å². The second-order valence-electron chi connectivity index (χ2n) is 8.39. The summed E-state index contributed by atoms with van der Waals surface area (Å²) >= 11 is 0. The Bertz CT molecular complexity index is 1280. The minimum atomic E-state index is -0.0925. The number of amidine groups is 1. The van der Waals surface area contributed by atoms with Crippen LogP contribution in [0.25, 0.3) is 16.8 Å². The van der Waals surface area contributed by atoms with E-state index in [1.165, 1.54) is 29.0 Å². The standard InChI is InChI=1S/C23H25N.C10H15N3O/c1-5-6-8-12-18(2)17-24-20(4)23-19(3)13-11-16-22(23)21-14-9-7-10-15-21;1-3-8(10(12)13)4-9(5-11)7(2)6-14/h5-16,24H,2,4,17H2,1,3H3;3-6,14H,1,11H2,2H3,(H3,12,13)/b6-5-,12-8-;7-6+,8-4+,9-5+. The minimum Gasteiger partial charge on any atom is -0.515 e. The minimum absolute atomic E-state index is 0.0925. The third-order valence-electron chi connectivity index (χ3n) is 5.49. The second-order valence-corrected chi connectivity index (χ2v) is 8.39. The third-order valence-corrected chi connectivity index (χ3v) is 5.49. The van der Waals surface area contributed by atoms with Crippen molar-refractivity contribution in [2.24, 2.45) is 11.5 Å². The number of nitrogens with two attached hydrogens (primary N) is 2. The Labute approximate surface area is 227 Å². The molecular weight excluding hydrogens is 468 g/mol. The van der Waals surface area contributed by atoms with Crippen LogP contribution in [0.2, 0.25) is 0 Å². The van der Waals surface area contributed by atoms with Crippen molar-refractivity contribution in [3.63, 3.8) is 0 Å². The Morgan fingerprint density at radius 1 is 1.05 bits per heavy atom. The number of aliphatic hydroxyl groups excluding tert-OH is 1. The summed E-state index contributed by atoms with van der Waals surface area (Å²) in [5, 5.41) is 19.4. The lowest BCUT2D eigenvalue weighted by Gasteiger charge is -2.17. The smallest absolute Gasteiger partial charge is 0.122 e. The number of allylic oxidation sites excluding steroid dienone is 6. The maximum absolute atomic E-state index is 8.76. The monoisotopic (exact) mass is 508 g/mol. The van der Waals surface area contributed by atoms with Crippen molar-refractivity contribution in [2.75, 3.05) is 6.54 Å². The van der Waals surface area contributed by atoms with Gasteiger partial charge >= 0.3 is 0 Å². The number of hydrogen-bond acceptors (Lipinski definition) is 4. The Kier molecular flexibility index (Phi) is 13.8. The molecule has 0 saturated carbocycles. The van der Waals surface area contributed by atoms with E-state index in [1.54, 1.807) is 13.0 Å². The van der Waals surface area contributed by atoms with Crippen LogP contribution in [0.3, 0.4) is 0 Å². The fourth-order valence-electron chi connectivity index (χ4n) is 3.38. The zero-order valence-corrected chi connectivity index (χ0v) is 22.7. The van der Waals surface area contributed by atoms with Gasteiger partial charge in [0.2, 0.25) is 0 Å². The van der Waals surface area contributed by atoms with E-state index in [2.05, 4.69) is 74.4 Å². The molecule has 2 aromatic rings. The molecule has 5 nitrogen and oxygen atoms in total. The molecule has 5 heteroatoms. The Balaban J connectivity index is 0.000000442. The quantitative estimate of drug-likeness (QED) is 0.0953. The number of benzene rings is 2. The van der Waals surface area contributed by atoms with Gasteiger partial charge in [-0.2, -0.15) is 0 Å². The predicted octanol–water partition coefficient (Wildman–Crippen LogP) is 7.25. The topological polar surface area (TPSA) is 108 Å². The van der Waals surface area contributed by atoms with Gasteiger partial charge in [0.15, 0.2) is 0 Å². The predicted molar refractivity (Wildman–Crippen MR) is 166 cm³/mol. The summed E-state index contributed by atoms with van der Waals surface area (Å²) in [7, 11) is 0. The molecule has 0 bridgehead atoms. The van der Waals surface area contributed by atoms with E-state index in [1.807, 2.05) is 37.3 Å². The highest BCUT2D eigenvalue weighted by molar-refractivity contribution is 5.97. The van der Waals surface area contributed by atoms with Gasteiger partial charge in [-0.15, -0.1) is 0 Å². The SMILES string of the molecule is C=C(/C=C\C=C/C)CNC(=C)c1c(C)cccc1-c1ccccc1.C=C\C(=C/C(=C\N)C(/C)=C/O)C(=N)N. The van der Waals surface area contributed by atoms with Crippen molar-refractivity contribution >= 4 is 11.5 Å². The van der Waals surface area contributed by atoms with Crippen LogP contribution < -0.4 is 16.8 Å². The van der Waals surface area contributed by atoms with Gasteiger partial charge < -0.3 is 21.9 Å². The second kappa shape index (κ2) is 16.8. The number of aryl methyl sites for hydroxylation is 1. The molecule has 0 aliphatic carbocycles. The molecular formula is C33H40N4O. The average molecular weight is 509 g/mol. The fraction of sp³-hybridized carbons (Fsp3) is 0.121. The molecule has 0 aliphatic heterocycles. The van der Waals surface area contributed by atoms with Crippen molar-refractivity contribution in [3.05, 3.63) is 151 Å². The molecule has 198 valence electrons. The molecule has 0 aromatic heterocycles. The molecule has 0 heterocycles. The van der Waals surface area contributed by atoms with Crippen LogP contribution in [-0.4, -0.2) is 17.5 Å². The van der Waals surface area contributed by atoms with Gasteiger partial charge in [-0.1, -0.05) is 98.6 Å². The van der Waals surface area contributed by atoms with Crippen molar-refractivity contribution in [2.45, 2.75) is 20.8 Å². The molecule has 0 fully saturated rings. The zero-order chi connectivity index (χ0) is 28.5. The van der Waals surface area contributed by atoms with Crippen LogP contribution >= 0.6 is 0 Å². The van der Waals surface area contributed by atoms with Crippen molar-refractivity contribution < 1.29 is 5.11 Å². The van der Waals surface area contributed by atoms with Crippen LogP contribution in [0.1, 0.15) is 25.0 Å². The van der Waals surface area contributed by atoms with E-state index in [0.717, 1.165) is 23.1 Å². The van der Waals surface area contributed by atoms with Gasteiger partial charge in [0.1, 0.15) is 5.84 Å². The van der Waals surface area contributed by atoms with Crippen LogP contribution in [0.15, 0.2) is 139 Å². The Morgan fingerprint density at radius 3 is 2.29 bits per heavy atom. The van der Waals surface area contributed by atoms with Gasteiger partial charge in [-0.05, 0) is 60.3 Å². The number of nitrogens with one attached hydrogen (secondary N) is 2. The fourth-order valence-corrected chi connectivity index (χ4v) is 3.38. The van der Waals surface area contributed by atoms with Crippen molar-refractivity contribution in [3.8, 4) is 11.1 Å². The Hall–Kier alpha value is -4.77. The molecule has 0 radical (unpaired) electrons. The summed E-state index contributed by atoms with van der Waals surface area (Å²) in [6.45, 7) is 18.3. The van der Waals surface area contributed by atoms with Crippen molar-refractivity contribution in [1.29, 1.82) is 5.41 Å². The highest BCUT2D eigenvalue weighted by Gasteiger charge is 2.10. The zero-order valence-electron chi connectivity index (χ0n) is 22.7. The molecule has 2 aromatic carbocycles. The van der Waals surface area contributed by atoms with E-state index < -0.39 is 0 Å². The molecule has 7 N–H and O–H groups in total. The van der Waals surface area contributed by atoms with Crippen molar-refractivity contribution in [1.82, 2.24) is 5.32 Å². The van der Waals surface area contributed by atoms with E-state index in [0.29, 0.717) is 23.3 Å². The van der Waals surface area contributed by atoms with Gasteiger partial charge in [-0.3, -0.25) is 5.41 Å². The maximum Gasteiger partial charge on any atom is 0.122 e. The lowest BCUT2D eigenvalue weighted by atomic mass is 9.94. The third kappa shape index (κ3) is 10.1. The molecule has 0 saturated heterocycles. The normalized spacial score (nSPS) is 12.1. The van der Waals surface area contributed by atoms with Crippen LogP contribution in [0.5, 0.6) is 0 Å². The largest absolute Gasteiger partial charge is 0.515 e. The van der Waals surface area contributed by atoms with Gasteiger partial charge in [-0.25, -0.2) is 0 Å². The highest BCUT2D eigenvalue weighted by atomic mass is 16.2. The van der Waals surface area contributed by atoms with E-state index in [4.69, 9.17) is 22.0 Å². The molecule has 0 spiro atoms. The van der Waals surface area contributed by atoms with Gasteiger partial charge in [0.25, 0.3) is 0 Å². The van der Waals surface area contributed by atoms with Crippen LogP contribution in [-0.2, 0) is 0 Å². The van der Waals surface area contributed by atoms with E-state index in [-0.39, 0.29) is 5.84 Å². The van der Waals surface area contributed by atoms with E-state index >= 15 is 0 Å². The first kappa shape index (κ1) is 31.3. The summed E-state index contributed by atoms with van der Waals surface area (Å²) in [6, 6.07) is 16.8. The molecule has 0 aliphatic rings. The highest BCUT2D eigenvalue weighted by Crippen LogP contribution is 2.29. The maximum atomic E-state index is 8.76. The number of hydrogen-bond donors (Lipinski definition) is 5. The first-order valence-electron chi connectivity index (χ1n) is 12.2. The van der Waals surface area contributed by atoms with E-state index in [9.17, 15) is 0 Å².